The van der Waals surface area contributed by atoms with Gasteiger partial charge in [0.15, 0.2) is 0 Å². The summed E-state index contributed by atoms with van der Waals surface area (Å²) < 4.78 is 0.825. The molecule has 0 aliphatic carbocycles. The third-order valence-corrected chi connectivity index (χ3v) is 3.81. The van der Waals surface area contributed by atoms with Gasteiger partial charge in [-0.1, -0.05) is 18.2 Å². The van der Waals surface area contributed by atoms with Crippen molar-refractivity contribution in [2.45, 2.75) is 6.92 Å². The minimum absolute atomic E-state index is 0.00874. The predicted octanol–water partition coefficient (Wildman–Crippen LogP) is 3.76. The van der Waals surface area contributed by atoms with E-state index in [9.17, 15) is 14.9 Å². The lowest BCUT2D eigenvalue weighted by Crippen LogP contribution is -2.14. The second-order valence-electron chi connectivity index (χ2n) is 4.14. The van der Waals surface area contributed by atoms with E-state index in [0.29, 0.717) is 16.8 Å². The van der Waals surface area contributed by atoms with Crippen LogP contribution in [0.3, 0.4) is 0 Å². The molecule has 0 atom stereocenters. The van der Waals surface area contributed by atoms with Crippen LogP contribution in [0.2, 0.25) is 0 Å². The zero-order valence-corrected chi connectivity index (χ0v) is 12.7. The summed E-state index contributed by atoms with van der Waals surface area (Å²) in [5, 5.41) is 13.6. The smallest absolute Gasteiger partial charge is 0.274 e. The lowest BCUT2D eigenvalue weighted by atomic mass is 10.1. The maximum absolute atomic E-state index is 12.2. The van der Waals surface area contributed by atoms with E-state index in [-0.39, 0.29) is 11.6 Å². The number of nitro groups is 1. The molecule has 0 saturated carbocycles. The van der Waals surface area contributed by atoms with Crippen molar-refractivity contribution in [2.75, 3.05) is 5.32 Å². The number of carbonyl (C=O) groups excluding carboxylic acids is 1. The molecule has 2 rings (SSSR count). The molecule has 0 aliphatic rings. The Balaban J connectivity index is 2.32. The lowest BCUT2D eigenvalue weighted by molar-refractivity contribution is -0.385. The molecule has 6 heteroatoms. The van der Waals surface area contributed by atoms with Gasteiger partial charge in [0.05, 0.1) is 21.7 Å². The monoisotopic (exact) mass is 382 g/mol. The number of rotatable bonds is 3. The SMILES string of the molecule is Cc1c(NC(=O)c2ccccc2I)cccc1[N+](=O)[O-]. The first-order valence-corrected chi connectivity index (χ1v) is 6.88. The fraction of sp³-hybridized carbons (Fsp3) is 0.0714. The van der Waals surface area contributed by atoms with Gasteiger partial charge in [-0.25, -0.2) is 0 Å². The Morgan fingerprint density at radius 2 is 1.90 bits per heavy atom. The van der Waals surface area contributed by atoms with Crippen molar-refractivity contribution in [1.82, 2.24) is 0 Å². The molecule has 5 nitrogen and oxygen atoms in total. The number of halogens is 1. The largest absolute Gasteiger partial charge is 0.321 e. The summed E-state index contributed by atoms with van der Waals surface area (Å²) in [7, 11) is 0. The fourth-order valence-corrected chi connectivity index (χ4v) is 2.42. The van der Waals surface area contributed by atoms with Crippen LogP contribution in [0.25, 0.3) is 0 Å². The number of anilines is 1. The minimum Gasteiger partial charge on any atom is -0.321 e. The Morgan fingerprint density at radius 3 is 2.55 bits per heavy atom. The fourth-order valence-electron chi connectivity index (χ4n) is 1.79. The Hall–Kier alpha value is -1.96. The molecule has 0 spiro atoms. The van der Waals surface area contributed by atoms with Crippen LogP contribution in [0.15, 0.2) is 42.5 Å². The standard InChI is InChI=1S/C14H11IN2O3/c1-9-12(7-4-8-13(9)17(19)20)16-14(18)10-5-2-3-6-11(10)15/h2-8H,1H3,(H,16,18). The summed E-state index contributed by atoms with van der Waals surface area (Å²) >= 11 is 2.08. The van der Waals surface area contributed by atoms with Crippen molar-refractivity contribution in [3.63, 3.8) is 0 Å². The van der Waals surface area contributed by atoms with E-state index in [2.05, 4.69) is 27.9 Å². The summed E-state index contributed by atoms with van der Waals surface area (Å²) in [6, 6.07) is 11.8. The summed E-state index contributed by atoms with van der Waals surface area (Å²) in [4.78, 5) is 22.6. The van der Waals surface area contributed by atoms with Gasteiger partial charge in [-0.2, -0.15) is 0 Å². The molecule has 0 bridgehead atoms. The van der Waals surface area contributed by atoms with Crippen molar-refractivity contribution in [1.29, 1.82) is 0 Å². The molecule has 102 valence electrons. The zero-order valence-electron chi connectivity index (χ0n) is 10.6. The van der Waals surface area contributed by atoms with Gasteiger partial charge in [0.25, 0.3) is 11.6 Å². The Bertz CT molecular complexity index is 686. The van der Waals surface area contributed by atoms with Gasteiger partial charge in [-0.05, 0) is 47.7 Å². The number of nitrogens with one attached hydrogen (secondary N) is 1. The van der Waals surface area contributed by atoms with Crippen molar-refractivity contribution >= 4 is 39.9 Å². The number of benzene rings is 2. The van der Waals surface area contributed by atoms with Crippen molar-refractivity contribution in [3.05, 3.63) is 67.3 Å². The van der Waals surface area contributed by atoms with Gasteiger partial charge < -0.3 is 5.32 Å². The second kappa shape index (κ2) is 6.00. The van der Waals surface area contributed by atoms with Crippen LogP contribution in [0.5, 0.6) is 0 Å². The predicted molar refractivity (Wildman–Crippen MR) is 84.9 cm³/mol. The number of hydrogen-bond donors (Lipinski definition) is 1. The molecule has 0 fully saturated rings. The number of nitrogens with zero attached hydrogens (tertiary/aromatic N) is 1. The highest BCUT2D eigenvalue weighted by Gasteiger charge is 2.16. The molecule has 0 radical (unpaired) electrons. The Labute approximate surface area is 129 Å². The van der Waals surface area contributed by atoms with E-state index in [1.54, 1.807) is 31.2 Å². The molecule has 2 aromatic carbocycles. The molecular weight excluding hydrogens is 371 g/mol. The summed E-state index contributed by atoms with van der Waals surface area (Å²) in [5.41, 5.74) is 1.42. The molecule has 20 heavy (non-hydrogen) atoms. The van der Waals surface area contributed by atoms with Gasteiger partial charge in [-0.3, -0.25) is 14.9 Å². The molecule has 0 aromatic heterocycles. The number of hydrogen-bond acceptors (Lipinski definition) is 3. The maximum Gasteiger partial charge on any atom is 0.274 e. The van der Waals surface area contributed by atoms with Crippen LogP contribution in [0, 0.1) is 20.6 Å². The van der Waals surface area contributed by atoms with Gasteiger partial charge in [0.2, 0.25) is 0 Å². The van der Waals surface area contributed by atoms with Gasteiger partial charge >= 0.3 is 0 Å². The molecular formula is C14H11IN2O3. The van der Waals surface area contributed by atoms with Crippen LogP contribution < -0.4 is 5.32 Å². The molecule has 0 saturated heterocycles. The van der Waals surface area contributed by atoms with Gasteiger partial charge in [-0.15, -0.1) is 0 Å². The van der Waals surface area contributed by atoms with Gasteiger partial charge in [0.1, 0.15) is 0 Å². The van der Waals surface area contributed by atoms with Crippen LogP contribution in [-0.2, 0) is 0 Å². The first-order chi connectivity index (χ1) is 9.50. The molecule has 1 N–H and O–H groups in total. The zero-order chi connectivity index (χ0) is 14.7. The highest BCUT2D eigenvalue weighted by Crippen LogP contribution is 2.25. The average Bonchev–Trinajstić information content (AvgIpc) is 2.41. The highest BCUT2D eigenvalue weighted by molar-refractivity contribution is 14.1. The summed E-state index contributed by atoms with van der Waals surface area (Å²) in [5.74, 6) is -0.279. The van der Waals surface area contributed by atoms with E-state index in [1.807, 2.05) is 12.1 Å². The number of carbonyl (C=O) groups is 1. The maximum atomic E-state index is 12.2. The molecule has 1 amide bonds. The number of amides is 1. The molecule has 2 aromatic rings. The van der Waals surface area contributed by atoms with E-state index in [0.717, 1.165) is 3.57 Å². The third-order valence-electron chi connectivity index (χ3n) is 2.87. The van der Waals surface area contributed by atoms with Crippen LogP contribution >= 0.6 is 22.6 Å². The molecule has 0 unspecified atom stereocenters. The lowest BCUT2D eigenvalue weighted by Gasteiger charge is -2.09. The number of nitro benzene ring substituents is 1. The second-order valence-corrected chi connectivity index (χ2v) is 5.30. The van der Waals surface area contributed by atoms with Crippen LogP contribution in [-0.4, -0.2) is 10.8 Å². The van der Waals surface area contributed by atoms with E-state index >= 15 is 0 Å². The van der Waals surface area contributed by atoms with Crippen LogP contribution in [0.4, 0.5) is 11.4 Å². The quantitative estimate of drug-likeness (QED) is 0.499. The van der Waals surface area contributed by atoms with E-state index in [4.69, 9.17) is 0 Å². The van der Waals surface area contributed by atoms with Gasteiger partial charge in [0, 0.05) is 9.64 Å². The Morgan fingerprint density at radius 1 is 1.20 bits per heavy atom. The minimum atomic E-state index is -0.461. The van der Waals surface area contributed by atoms with Crippen LogP contribution in [0.1, 0.15) is 15.9 Å². The first-order valence-electron chi connectivity index (χ1n) is 5.80. The normalized spacial score (nSPS) is 10.1. The third kappa shape index (κ3) is 2.96. The van der Waals surface area contributed by atoms with Crippen molar-refractivity contribution in [2.24, 2.45) is 0 Å². The summed E-state index contributed by atoms with van der Waals surface area (Å²) in [6.45, 7) is 1.61. The first kappa shape index (κ1) is 14.4. The Kier molecular flexibility index (Phi) is 4.33. The summed E-state index contributed by atoms with van der Waals surface area (Å²) in [6.07, 6.45) is 0. The molecule has 0 heterocycles. The van der Waals surface area contributed by atoms with E-state index < -0.39 is 4.92 Å². The average molecular weight is 382 g/mol. The molecule has 0 aliphatic heterocycles. The van der Waals surface area contributed by atoms with E-state index in [1.165, 1.54) is 6.07 Å². The van der Waals surface area contributed by atoms with Crippen molar-refractivity contribution in [3.8, 4) is 0 Å². The topological polar surface area (TPSA) is 72.2 Å². The highest BCUT2D eigenvalue weighted by atomic mass is 127. The van der Waals surface area contributed by atoms with Crippen molar-refractivity contribution < 1.29 is 9.72 Å².